The molecule has 0 amide bonds. The second-order valence-corrected chi connectivity index (χ2v) is 9.09. The van der Waals surface area contributed by atoms with Crippen LogP contribution < -0.4 is 10.1 Å². The summed E-state index contributed by atoms with van der Waals surface area (Å²) in [5.74, 6) is -1.44. The van der Waals surface area contributed by atoms with Gasteiger partial charge in [-0.15, -0.1) is 5.10 Å². The molecule has 2 aliphatic rings. The summed E-state index contributed by atoms with van der Waals surface area (Å²) in [6, 6.07) is 3.21. The maximum atomic E-state index is 13.7. The highest BCUT2D eigenvalue weighted by Crippen LogP contribution is 2.44. The molecular formula is C23H28F2N6O5. The number of anilines is 1. The minimum atomic E-state index is -1.19. The third-order valence-electron chi connectivity index (χ3n) is 6.56. The van der Waals surface area contributed by atoms with Crippen LogP contribution in [0.3, 0.4) is 0 Å². The van der Waals surface area contributed by atoms with Gasteiger partial charge in [-0.3, -0.25) is 0 Å². The summed E-state index contributed by atoms with van der Waals surface area (Å²) in [6.07, 6.45) is -1.38. The molecule has 3 aromatic rings. The van der Waals surface area contributed by atoms with Gasteiger partial charge in [0.2, 0.25) is 0 Å². The fourth-order valence-corrected chi connectivity index (χ4v) is 4.61. The number of halogens is 2. The highest BCUT2D eigenvalue weighted by Gasteiger charge is 2.45. The van der Waals surface area contributed by atoms with Crippen molar-refractivity contribution in [3.8, 4) is 6.01 Å². The molecule has 36 heavy (non-hydrogen) atoms. The van der Waals surface area contributed by atoms with Gasteiger partial charge in [-0.1, -0.05) is 18.2 Å². The van der Waals surface area contributed by atoms with Gasteiger partial charge in [-0.25, -0.2) is 13.5 Å². The molecule has 0 saturated heterocycles. The van der Waals surface area contributed by atoms with Crippen LogP contribution in [0.1, 0.15) is 43.7 Å². The highest BCUT2D eigenvalue weighted by atomic mass is 19.2. The van der Waals surface area contributed by atoms with Crippen molar-refractivity contribution in [3.63, 3.8) is 0 Å². The van der Waals surface area contributed by atoms with E-state index in [0.717, 1.165) is 12.5 Å². The van der Waals surface area contributed by atoms with Crippen molar-refractivity contribution >= 4 is 17.0 Å². The number of hydrogen-bond donors (Lipinski definition) is 4. The van der Waals surface area contributed by atoms with Crippen molar-refractivity contribution in [1.29, 1.82) is 0 Å². The second kappa shape index (κ2) is 10.2. The van der Waals surface area contributed by atoms with Crippen molar-refractivity contribution in [2.45, 2.75) is 62.5 Å². The van der Waals surface area contributed by atoms with Crippen LogP contribution in [-0.4, -0.2) is 84.5 Å². The van der Waals surface area contributed by atoms with E-state index in [1.165, 1.54) is 10.7 Å². The Balaban J connectivity index is 1.43. The molecule has 1 aromatic carbocycles. The van der Waals surface area contributed by atoms with E-state index in [0.29, 0.717) is 35.6 Å². The predicted octanol–water partition coefficient (Wildman–Crippen LogP) is 1.30. The lowest BCUT2D eigenvalue weighted by Crippen LogP contribution is -2.33. The van der Waals surface area contributed by atoms with Crippen LogP contribution in [0.4, 0.5) is 14.6 Å². The Morgan fingerprint density at radius 2 is 1.94 bits per heavy atom. The van der Waals surface area contributed by atoms with E-state index < -0.39 is 36.0 Å². The average Bonchev–Trinajstić information content (AvgIpc) is 3.41. The monoisotopic (exact) mass is 506 g/mol. The van der Waals surface area contributed by atoms with Crippen molar-refractivity contribution in [3.05, 3.63) is 35.4 Å². The number of aromatic nitrogens is 5. The maximum absolute atomic E-state index is 13.7. The molecule has 0 spiro atoms. The fourth-order valence-electron chi connectivity index (χ4n) is 4.61. The molecule has 0 radical (unpaired) electrons. The minimum absolute atomic E-state index is 0.0311. The molecule has 2 aliphatic carbocycles. The van der Waals surface area contributed by atoms with Gasteiger partial charge in [0.25, 0.3) is 0 Å². The standard InChI is InChI=1S/C23H28F2N6O5/c1-2-6-36-23-27-21(26-15-9-12(15)11-3-4-13(24)14(25)8-11)18-22(28-23)31(30-29-18)16-10-17(35-7-5-32)20(34)19(16)33/h3-4,8,12,15-17,19-20,32-34H,2,5-7,9-10H2,1H3,(H,26,27,28)/t12?,15-,16-,17+,19+,20-/m1/s1. The van der Waals surface area contributed by atoms with E-state index in [9.17, 15) is 19.0 Å². The first-order valence-electron chi connectivity index (χ1n) is 12.0. The normalized spacial score (nSPS) is 27.5. The first-order valence-corrected chi connectivity index (χ1v) is 12.0. The third kappa shape index (κ3) is 4.71. The highest BCUT2D eigenvalue weighted by molar-refractivity contribution is 5.83. The number of hydrogen-bond acceptors (Lipinski definition) is 10. The van der Waals surface area contributed by atoms with Crippen LogP contribution in [0.15, 0.2) is 18.2 Å². The molecule has 4 N–H and O–H groups in total. The lowest BCUT2D eigenvalue weighted by molar-refractivity contribution is -0.0629. The number of fused-ring (bicyclic) bond motifs is 1. The number of aliphatic hydroxyl groups is 3. The third-order valence-corrected chi connectivity index (χ3v) is 6.56. The van der Waals surface area contributed by atoms with Gasteiger partial charge >= 0.3 is 6.01 Å². The molecule has 13 heteroatoms. The van der Waals surface area contributed by atoms with Crippen molar-refractivity contribution < 1.29 is 33.6 Å². The smallest absolute Gasteiger partial charge is 0.320 e. The number of nitrogens with zero attached hydrogens (tertiary/aromatic N) is 5. The predicted molar refractivity (Wildman–Crippen MR) is 123 cm³/mol. The summed E-state index contributed by atoms with van der Waals surface area (Å²) in [6.45, 7) is 2.16. The van der Waals surface area contributed by atoms with Gasteiger partial charge in [0, 0.05) is 18.4 Å². The lowest BCUT2D eigenvalue weighted by Gasteiger charge is -2.17. The number of aliphatic hydroxyl groups excluding tert-OH is 3. The average molecular weight is 507 g/mol. The first kappa shape index (κ1) is 24.7. The summed E-state index contributed by atoms with van der Waals surface area (Å²) >= 11 is 0. The Morgan fingerprint density at radius 3 is 2.69 bits per heavy atom. The lowest BCUT2D eigenvalue weighted by atomic mass is 10.1. The Hall–Kier alpha value is -3.00. The minimum Gasteiger partial charge on any atom is -0.463 e. The van der Waals surface area contributed by atoms with Crippen molar-refractivity contribution in [2.75, 3.05) is 25.1 Å². The summed E-state index contributed by atoms with van der Waals surface area (Å²) in [4.78, 5) is 8.90. The molecule has 0 aliphatic heterocycles. The van der Waals surface area contributed by atoms with Crippen LogP contribution in [0.5, 0.6) is 6.01 Å². The van der Waals surface area contributed by atoms with E-state index in [1.54, 1.807) is 6.07 Å². The van der Waals surface area contributed by atoms with E-state index in [-0.39, 0.29) is 37.6 Å². The fraction of sp³-hybridized carbons (Fsp3) is 0.565. The number of nitrogens with one attached hydrogen (secondary N) is 1. The summed E-state index contributed by atoms with van der Waals surface area (Å²) < 4.78 is 39.6. The van der Waals surface area contributed by atoms with Gasteiger partial charge in [0.1, 0.15) is 12.2 Å². The Kier molecular flexibility index (Phi) is 6.97. The van der Waals surface area contributed by atoms with Gasteiger partial charge < -0.3 is 30.1 Å². The SMILES string of the molecule is CCCOc1nc(N[C@@H]2CC2c2ccc(F)c(F)c2)c2nnn([C@@H]3C[C@H](OCCO)[C@@H](O)[C@H]3O)c2n1. The molecule has 6 atom stereocenters. The van der Waals surface area contributed by atoms with E-state index in [2.05, 4.69) is 25.6 Å². The van der Waals surface area contributed by atoms with Gasteiger partial charge in [0.15, 0.2) is 28.6 Å². The zero-order valence-electron chi connectivity index (χ0n) is 19.6. The topological polar surface area (TPSA) is 148 Å². The number of ether oxygens (including phenoxy) is 2. The number of benzene rings is 1. The molecule has 2 fully saturated rings. The van der Waals surface area contributed by atoms with Gasteiger partial charge in [-0.2, -0.15) is 9.97 Å². The number of rotatable bonds is 10. The van der Waals surface area contributed by atoms with Gasteiger partial charge in [-0.05, 0) is 30.5 Å². The van der Waals surface area contributed by atoms with Crippen molar-refractivity contribution in [2.24, 2.45) is 0 Å². The maximum Gasteiger partial charge on any atom is 0.320 e. The Labute approximate surface area is 205 Å². The van der Waals surface area contributed by atoms with Crippen LogP contribution in [-0.2, 0) is 4.74 Å². The van der Waals surface area contributed by atoms with Gasteiger partial charge in [0.05, 0.1) is 32.0 Å². The summed E-state index contributed by atoms with van der Waals surface area (Å²) in [5.41, 5.74) is 1.33. The summed E-state index contributed by atoms with van der Waals surface area (Å²) in [5, 5.41) is 41.8. The van der Waals surface area contributed by atoms with E-state index >= 15 is 0 Å². The van der Waals surface area contributed by atoms with E-state index in [4.69, 9.17) is 14.6 Å². The quantitative estimate of drug-likeness (QED) is 0.317. The molecular weight excluding hydrogens is 478 g/mol. The summed E-state index contributed by atoms with van der Waals surface area (Å²) in [7, 11) is 0. The largest absolute Gasteiger partial charge is 0.463 e. The Bertz CT molecular complexity index is 1230. The second-order valence-electron chi connectivity index (χ2n) is 9.09. The van der Waals surface area contributed by atoms with Crippen LogP contribution in [0.25, 0.3) is 11.2 Å². The van der Waals surface area contributed by atoms with Crippen LogP contribution >= 0.6 is 0 Å². The molecule has 2 heterocycles. The zero-order chi connectivity index (χ0) is 25.4. The molecule has 2 aromatic heterocycles. The van der Waals surface area contributed by atoms with Crippen LogP contribution in [0, 0.1) is 11.6 Å². The van der Waals surface area contributed by atoms with E-state index in [1.807, 2.05) is 6.92 Å². The molecule has 11 nitrogen and oxygen atoms in total. The first-order chi connectivity index (χ1) is 17.4. The molecule has 194 valence electrons. The molecule has 1 unspecified atom stereocenters. The molecule has 0 bridgehead atoms. The Morgan fingerprint density at radius 1 is 1.11 bits per heavy atom. The molecule has 5 rings (SSSR count). The molecule has 2 saturated carbocycles. The van der Waals surface area contributed by atoms with Crippen molar-refractivity contribution in [1.82, 2.24) is 25.0 Å². The van der Waals surface area contributed by atoms with Crippen LogP contribution in [0.2, 0.25) is 0 Å². The zero-order valence-corrected chi connectivity index (χ0v) is 19.6.